The summed E-state index contributed by atoms with van der Waals surface area (Å²) in [5.74, 6) is -0.833. The van der Waals surface area contributed by atoms with Crippen LogP contribution in [0, 0.1) is 0 Å². The smallest absolute Gasteiger partial charge is 0.347 e. The van der Waals surface area contributed by atoms with E-state index in [0.717, 1.165) is 77.2 Å². The summed E-state index contributed by atoms with van der Waals surface area (Å²) in [6.07, 6.45) is 17.6. The molecule has 0 aliphatic rings. The van der Waals surface area contributed by atoms with Gasteiger partial charge in [0.1, 0.15) is 6.04 Å². The first kappa shape index (κ1) is 36.0. The number of imide groups is 1. The van der Waals surface area contributed by atoms with Crippen molar-refractivity contribution in [1.29, 1.82) is 0 Å². The van der Waals surface area contributed by atoms with Crippen molar-refractivity contribution in [3.8, 4) is 0 Å². The van der Waals surface area contributed by atoms with Gasteiger partial charge in [0.05, 0.1) is 0 Å². The predicted molar refractivity (Wildman–Crippen MR) is 151 cm³/mol. The highest BCUT2D eigenvalue weighted by molar-refractivity contribution is 5.95. The minimum Gasteiger partial charge on any atom is -0.369 e. The van der Waals surface area contributed by atoms with E-state index in [0.29, 0.717) is 45.3 Å². The molecule has 0 aromatic rings. The van der Waals surface area contributed by atoms with Crippen molar-refractivity contribution in [3.63, 3.8) is 0 Å². The molecule has 0 rings (SSSR count). The average Bonchev–Trinajstić information content (AvgIpc) is 2.90. The molecule has 1 atom stereocenters. The number of rotatable bonds is 28. The van der Waals surface area contributed by atoms with Gasteiger partial charge in [-0.2, -0.15) is 5.48 Å². The molecule has 0 aromatic carbocycles. The van der Waals surface area contributed by atoms with Crippen LogP contribution in [0.15, 0.2) is 0 Å². The van der Waals surface area contributed by atoms with Crippen molar-refractivity contribution in [3.05, 3.63) is 0 Å². The summed E-state index contributed by atoms with van der Waals surface area (Å²) in [5, 5.41) is 8.23. The third kappa shape index (κ3) is 24.3. The average molecular weight is 542 g/mol. The minimum atomic E-state index is -0.638. The molecule has 0 radical (unpaired) electrons. The summed E-state index contributed by atoms with van der Waals surface area (Å²) in [6, 6.07) is -0.638. The first-order valence-corrected chi connectivity index (χ1v) is 14.9. The van der Waals surface area contributed by atoms with Crippen LogP contribution in [0.3, 0.4) is 0 Å². The van der Waals surface area contributed by atoms with E-state index in [-0.39, 0.29) is 11.8 Å². The number of hydroxylamine groups is 1. The van der Waals surface area contributed by atoms with Crippen molar-refractivity contribution in [2.45, 2.75) is 129 Å². The van der Waals surface area contributed by atoms with E-state index in [1.807, 2.05) is 0 Å². The Morgan fingerprint density at radius 3 is 2.00 bits per heavy atom. The van der Waals surface area contributed by atoms with E-state index in [9.17, 15) is 19.2 Å². The first-order chi connectivity index (χ1) is 18.5. The molecule has 10 nitrogen and oxygen atoms in total. The molecule has 0 aromatic heterocycles. The number of unbranched alkanes of at least 4 members (excludes halogenated alkanes) is 12. The standard InChI is InChI=1S/C28H55N5O5/c1-2-3-4-15-21-30-23-19-27(36)33-26(35)18-12-10-8-6-5-7-9-11-16-22-32-38-28(37)25(31-24-34)17-13-14-20-29/h24-25,30,32H,2-23,29H2,1H3,(H,31,34)(H,33,35,36). The van der Waals surface area contributed by atoms with Crippen molar-refractivity contribution in [2.24, 2.45) is 5.73 Å². The minimum absolute atomic E-state index is 0.167. The largest absolute Gasteiger partial charge is 0.369 e. The van der Waals surface area contributed by atoms with Crippen LogP contribution in [-0.4, -0.2) is 56.4 Å². The molecule has 10 heteroatoms. The maximum atomic E-state index is 12.0. The highest BCUT2D eigenvalue weighted by Crippen LogP contribution is 2.10. The summed E-state index contributed by atoms with van der Waals surface area (Å²) < 4.78 is 0. The van der Waals surface area contributed by atoms with Gasteiger partial charge < -0.3 is 21.2 Å². The highest BCUT2D eigenvalue weighted by Gasteiger charge is 2.18. The topological polar surface area (TPSA) is 152 Å². The van der Waals surface area contributed by atoms with E-state index in [1.54, 1.807) is 0 Å². The van der Waals surface area contributed by atoms with Gasteiger partial charge >= 0.3 is 5.97 Å². The van der Waals surface area contributed by atoms with Gasteiger partial charge in [0, 0.05) is 25.9 Å². The molecule has 222 valence electrons. The molecular formula is C28H55N5O5. The van der Waals surface area contributed by atoms with Gasteiger partial charge in [0.2, 0.25) is 18.2 Å². The predicted octanol–water partition coefficient (Wildman–Crippen LogP) is 3.38. The molecule has 0 saturated heterocycles. The summed E-state index contributed by atoms with van der Waals surface area (Å²) in [6.45, 7) is 4.87. The Balaban J connectivity index is 3.49. The molecule has 0 aliphatic heterocycles. The van der Waals surface area contributed by atoms with Crippen LogP contribution >= 0.6 is 0 Å². The second-order valence-corrected chi connectivity index (χ2v) is 9.90. The lowest BCUT2D eigenvalue weighted by Gasteiger charge is -2.14. The zero-order valence-corrected chi connectivity index (χ0v) is 23.8. The van der Waals surface area contributed by atoms with E-state index < -0.39 is 12.0 Å². The normalized spacial score (nSPS) is 11.6. The van der Waals surface area contributed by atoms with Gasteiger partial charge in [-0.1, -0.05) is 71.1 Å². The van der Waals surface area contributed by atoms with Crippen LogP contribution in [0.4, 0.5) is 0 Å². The van der Waals surface area contributed by atoms with Crippen LogP contribution < -0.4 is 27.2 Å². The molecule has 0 bridgehead atoms. The second-order valence-electron chi connectivity index (χ2n) is 9.90. The van der Waals surface area contributed by atoms with E-state index in [4.69, 9.17) is 10.6 Å². The van der Waals surface area contributed by atoms with Crippen LogP contribution in [0.1, 0.15) is 122 Å². The van der Waals surface area contributed by atoms with Crippen LogP contribution in [0.2, 0.25) is 0 Å². The number of nitrogens with one attached hydrogen (secondary N) is 4. The highest BCUT2D eigenvalue weighted by atomic mass is 16.7. The number of hydrogen-bond acceptors (Lipinski definition) is 8. The molecule has 0 fully saturated rings. The van der Waals surface area contributed by atoms with Gasteiger partial charge in [0.15, 0.2) is 0 Å². The summed E-state index contributed by atoms with van der Waals surface area (Å²) >= 11 is 0. The fraction of sp³-hybridized carbons (Fsp3) is 0.857. The fourth-order valence-electron chi connectivity index (χ4n) is 4.04. The van der Waals surface area contributed by atoms with Crippen molar-refractivity contribution in [1.82, 2.24) is 21.4 Å². The van der Waals surface area contributed by atoms with Gasteiger partial charge in [-0.05, 0) is 51.6 Å². The molecule has 0 aliphatic carbocycles. The molecule has 0 heterocycles. The fourth-order valence-corrected chi connectivity index (χ4v) is 4.04. The van der Waals surface area contributed by atoms with E-state index >= 15 is 0 Å². The lowest BCUT2D eigenvalue weighted by atomic mass is 10.1. The quantitative estimate of drug-likeness (QED) is 0.0574. The lowest BCUT2D eigenvalue weighted by molar-refractivity contribution is -0.154. The summed E-state index contributed by atoms with van der Waals surface area (Å²) in [7, 11) is 0. The van der Waals surface area contributed by atoms with Crippen molar-refractivity contribution >= 4 is 24.2 Å². The molecule has 6 N–H and O–H groups in total. The molecule has 1 unspecified atom stereocenters. The maximum absolute atomic E-state index is 12.0. The number of carbonyl (C=O) groups excluding carboxylic acids is 4. The second kappa shape index (κ2) is 28.0. The molecule has 3 amide bonds. The van der Waals surface area contributed by atoms with Crippen molar-refractivity contribution in [2.75, 3.05) is 26.2 Å². The SMILES string of the molecule is CCCCCCNCCC(=O)NC(=O)CCCCCCCCCCCNOC(=O)C(CCCCN)NC=O. The van der Waals surface area contributed by atoms with E-state index in [2.05, 4.69) is 28.4 Å². The van der Waals surface area contributed by atoms with Gasteiger partial charge in [-0.3, -0.25) is 19.7 Å². The maximum Gasteiger partial charge on any atom is 0.347 e. The Hall–Kier alpha value is -2.04. The van der Waals surface area contributed by atoms with Crippen LogP contribution in [-0.2, 0) is 24.0 Å². The third-order valence-electron chi connectivity index (χ3n) is 6.37. The number of carbonyl (C=O) groups is 4. The zero-order chi connectivity index (χ0) is 28.1. The van der Waals surface area contributed by atoms with Crippen LogP contribution in [0.25, 0.3) is 0 Å². The Labute approximate surface area is 230 Å². The number of amides is 3. The monoisotopic (exact) mass is 541 g/mol. The lowest BCUT2D eigenvalue weighted by Crippen LogP contribution is -2.40. The molecular weight excluding hydrogens is 486 g/mol. The van der Waals surface area contributed by atoms with Gasteiger partial charge in [0.25, 0.3) is 0 Å². The summed E-state index contributed by atoms with van der Waals surface area (Å²) in [5.41, 5.74) is 8.15. The van der Waals surface area contributed by atoms with Crippen LogP contribution in [0.5, 0.6) is 0 Å². The Bertz CT molecular complexity index is 606. The zero-order valence-electron chi connectivity index (χ0n) is 23.8. The van der Waals surface area contributed by atoms with Crippen molar-refractivity contribution < 1.29 is 24.0 Å². The van der Waals surface area contributed by atoms with Gasteiger partial charge in [-0.15, -0.1) is 0 Å². The number of hydrogen-bond donors (Lipinski definition) is 5. The first-order valence-electron chi connectivity index (χ1n) is 14.9. The molecule has 0 saturated carbocycles. The number of nitrogens with two attached hydrogens (primary N) is 1. The Morgan fingerprint density at radius 1 is 0.737 bits per heavy atom. The summed E-state index contributed by atoms with van der Waals surface area (Å²) in [4.78, 5) is 51.4. The Kier molecular flexibility index (Phi) is 26.5. The van der Waals surface area contributed by atoms with Gasteiger partial charge in [-0.25, -0.2) is 4.79 Å². The molecule has 0 spiro atoms. The van der Waals surface area contributed by atoms with E-state index in [1.165, 1.54) is 25.7 Å². The Morgan fingerprint density at radius 2 is 1.34 bits per heavy atom. The third-order valence-corrected chi connectivity index (χ3v) is 6.37. The molecule has 38 heavy (non-hydrogen) atoms.